The number of halogens is 2. The van der Waals surface area contributed by atoms with Crippen LogP contribution in [-0.4, -0.2) is 23.9 Å². The van der Waals surface area contributed by atoms with Gasteiger partial charge in [0.05, 0.1) is 0 Å². The number of hydrogen-bond acceptors (Lipinski definition) is 1. The van der Waals surface area contributed by atoms with Crippen molar-refractivity contribution in [1.29, 1.82) is 0 Å². The van der Waals surface area contributed by atoms with E-state index in [-0.39, 0.29) is 17.6 Å². The van der Waals surface area contributed by atoms with E-state index in [9.17, 15) is 9.18 Å². The first kappa shape index (κ1) is 16.2. The van der Waals surface area contributed by atoms with Crippen LogP contribution in [0.1, 0.15) is 41.1 Å². The number of benzene rings is 2. The first-order chi connectivity index (χ1) is 11.1. The second kappa shape index (κ2) is 7.26. The van der Waals surface area contributed by atoms with E-state index in [4.69, 9.17) is 0 Å². The van der Waals surface area contributed by atoms with Crippen molar-refractivity contribution >= 4 is 21.8 Å². The molecule has 0 aromatic heterocycles. The molecule has 1 atom stereocenters. The molecular formula is C19H19BrFNO. The molecule has 1 heterocycles. The summed E-state index contributed by atoms with van der Waals surface area (Å²) in [5.41, 5.74) is 1.83. The van der Waals surface area contributed by atoms with Gasteiger partial charge in [-0.05, 0) is 54.8 Å². The highest BCUT2D eigenvalue weighted by atomic mass is 79.9. The zero-order valence-corrected chi connectivity index (χ0v) is 14.4. The lowest BCUT2D eigenvalue weighted by atomic mass is 9.94. The van der Waals surface area contributed by atoms with Gasteiger partial charge in [-0.25, -0.2) is 4.39 Å². The van der Waals surface area contributed by atoms with Crippen molar-refractivity contribution in [3.05, 3.63) is 69.9 Å². The van der Waals surface area contributed by atoms with E-state index in [2.05, 4.69) is 15.9 Å². The average molecular weight is 376 g/mol. The maximum Gasteiger partial charge on any atom is 0.253 e. The van der Waals surface area contributed by atoms with E-state index in [1.165, 1.54) is 12.1 Å². The van der Waals surface area contributed by atoms with E-state index >= 15 is 0 Å². The van der Waals surface area contributed by atoms with Gasteiger partial charge in [0.25, 0.3) is 5.91 Å². The van der Waals surface area contributed by atoms with Crippen molar-refractivity contribution in [2.45, 2.75) is 25.2 Å². The fraction of sp³-hybridized carbons (Fsp3) is 0.316. The minimum Gasteiger partial charge on any atom is -0.338 e. The van der Waals surface area contributed by atoms with Gasteiger partial charge in [-0.1, -0.05) is 34.5 Å². The minimum atomic E-state index is -0.217. The van der Waals surface area contributed by atoms with Crippen molar-refractivity contribution in [2.75, 3.05) is 13.1 Å². The Kier molecular flexibility index (Phi) is 5.11. The Hall–Kier alpha value is -1.68. The molecule has 2 nitrogen and oxygen atoms in total. The third kappa shape index (κ3) is 3.99. The summed E-state index contributed by atoms with van der Waals surface area (Å²) >= 11 is 3.39. The number of nitrogens with zero attached hydrogens (tertiary/aromatic N) is 1. The highest BCUT2D eigenvalue weighted by Gasteiger charge is 2.24. The highest BCUT2D eigenvalue weighted by molar-refractivity contribution is 9.10. The van der Waals surface area contributed by atoms with Gasteiger partial charge in [-0.3, -0.25) is 4.79 Å². The molecule has 3 rings (SSSR count). The molecule has 1 fully saturated rings. The molecule has 0 radical (unpaired) electrons. The van der Waals surface area contributed by atoms with Gasteiger partial charge in [0.2, 0.25) is 0 Å². The van der Waals surface area contributed by atoms with Crippen LogP contribution >= 0.6 is 15.9 Å². The molecule has 1 aliphatic rings. The molecule has 0 bridgehead atoms. The molecule has 2 aromatic carbocycles. The maximum absolute atomic E-state index is 13.1. The second-order valence-corrected chi connectivity index (χ2v) is 6.92. The molecule has 4 heteroatoms. The molecule has 120 valence electrons. The van der Waals surface area contributed by atoms with Crippen molar-refractivity contribution in [2.24, 2.45) is 0 Å². The number of rotatable bonds is 2. The lowest BCUT2D eigenvalue weighted by Gasteiger charge is -2.25. The van der Waals surface area contributed by atoms with Crippen molar-refractivity contribution in [1.82, 2.24) is 4.90 Å². The molecular weight excluding hydrogens is 357 g/mol. The Balaban J connectivity index is 1.77. The van der Waals surface area contributed by atoms with E-state index in [1.807, 2.05) is 41.3 Å². The summed E-state index contributed by atoms with van der Waals surface area (Å²) in [6.07, 6.45) is 3.14. The first-order valence-corrected chi connectivity index (χ1v) is 8.73. The number of amides is 1. The smallest absolute Gasteiger partial charge is 0.253 e. The third-order valence-electron chi connectivity index (χ3n) is 4.39. The number of likely N-dealkylation sites (tertiary alicyclic amines) is 1. The summed E-state index contributed by atoms with van der Waals surface area (Å²) in [5, 5.41) is 0. The van der Waals surface area contributed by atoms with Crippen molar-refractivity contribution < 1.29 is 9.18 Å². The molecule has 1 saturated heterocycles. The van der Waals surface area contributed by atoms with Gasteiger partial charge in [-0.2, -0.15) is 0 Å². The quantitative estimate of drug-likeness (QED) is 0.723. The van der Waals surface area contributed by atoms with Crippen molar-refractivity contribution in [3.63, 3.8) is 0 Å². The van der Waals surface area contributed by atoms with Gasteiger partial charge in [0, 0.05) is 29.0 Å². The Morgan fingerprint density at radius 3 is 2.43 bits per heavy atom. The average Bonchev–Trinajstić information content (AvgIpc) is 2.82. The summed E-state index contributed by atoms with van der Waals surface area (Å²) < 4.78 is 14.1. The molecule has 1 aliphatic heterocycles. The fourth-order valence-corrected chi connectivity index (χ4v) is 3.37. The van der Waals surface area contributed by atoms with E-state index in [0.29, 0.717) is 12.1 Å². The summed E-state index contributed by atoms with van der Waals surface area (Å²) in [6.45, 7) is 1.48. The van der Waals surface area contributed by atoms with Crippen LogP contribution in [-0.2, 0) is 0 Å². The van der Waals surface area contributed by atoms with Crippen LogP contribution in [0.4, 0.5) is 4.39 Å². The molecule has 2 aromatic rings. The van der Waals surface area contributed by atoms with Crippen LogP contribution in [0.2, 0.25) is 0 Å². The zero-order valence-electron chi connectivity index (χ0n) is 12.8. The van der Waals surface area contributed by atoms with E-state index in [1.54, 1.807) is 0 Å². The summed E-state index contributed by atoms with van der Waals surface area (Å²) in [6, 6.07) is 14.2. The Labute approximate surface area is 144 Å². The van der Waals surface area contributed by atoms with E-state index in [0.717, 1.165) is 35.8 Å². The van der Waals surface area contributed by atoms with E-state index < -0.39 is 0 Å². The SMILES string of the molecule is O=C(c1ccc(Br)cc1)N1CCCCC(c2ccc(F)cc2)C1. The minimum absolute atomic E-state index is 0.0755. The molecule has 1 unspecified atom stereocenters. The lowest BCUT2D eigenvalue weighted by molar-refractivity contribution is 0.0754. The number of carbonyl (C=O) groups excluding carboxylic acids is 1. The second-order valence-electron chi connectivity index (χ2n) is 6.00. The molecule has 1 amide bonds. The van der Waals surface area contributed by atoms with Gasteiger partial charge < -0.3 is 4.90 Å². The predicted octanol–water partition coefficient (Wildman–Crippen LogP) is 5.00. The first-order valence-electron chi connectivity index (χ1n) is 7.94. The van der Waals surface area contributed by atoms with Crippen LogP contribution in [0.15, 0.2) is 53.0 Å². The van der Waals surface area contributed by atoms with Crippen LogP contribution in [0, 0.1) is 5.82 Å². The molecule has 0 saturated carbocycles. The van der Waals surface area contributed by atoms with Gasteiger partial charge >= 0.3 is 0 Å². The molecule has 0 aliphatic carbocycles. The third-order valence-corrected chi connectivity index (χ3v) is 4.92. The van der Waals surface area contributed by atoms with Crippen LogP contribution < -0.4 is 0 Å². The summed E-state index contributed by atoms with van der Waals surface area (Å²) in [7, 11) is 0. The Morgan fingerprint density at radius 1 is 1.04 bits per heavy atom. The number of carbonyl (C=O) groups is 1. The zero-order chi connectivity index (χ0) is 16.2. The van der Waals surface area contributed by atoms with Crippen molar-refractivity contribution in [3.8, 4) is 0 Å². The van der Waals surface area contributed by atoms with Crippen LogP contribution in [0.5, 0.6) is 0 Å². The monoisotopic (exact) mass is 375 g/mol. The van der Waals surface area contributed by atoms with Gasteiger partial charge in [0.1, 0.15) is 5.82 Å². The molecule has 0 spiro atoms. The fourth-order valence-electron chi connectivity index (χ4n) is 3.11. The van der Waals surface area contributed by atoms with Gasteiger partial charge in [0.15, 0.2) is 0 Å². The van der Waals surface area contributed by atoms with Gasteiger partial charge in [-0.15, -0.1) is 0 Å². The van der Waals surface area contributed by atoms with Crippen LogP contribution in [0.3, 0.4) is 0 Å². The van der Waals surface area contributed by atoms with Crippen LogP contribution in [0.25, 0.3) is 0 Å². The number of hydrogen-bond donors (Lipinski definition) is 0. The molecule has 23 heavy (non-hydrogen) atoms. The lowest BCUT2D eigenvalue weighted by Crippen LogP contribution is -2.34. The maximum atomic E-state index is 13.1. The topological polar surface area (TPSA) is 20.3 Å². The Morgan fingerprint density at radius 2 is 1.74 bits per heavy atom. The summed E-state index contributed by atoms with van der Waals surface area (Å²) in [4.78, 5) is 14.7. The standard InChI is InChI=1S/C19H19BrFNO/c20-17-8-4-15(5-9-17)19(23)22-12-2-1-3-16(13-22)14-6-10-18(21)11-7-14/h4-11,16H,1-3,12-13H2. The Bertz CT molecular complexity index is 669. The predicted molar refractivity (Wildman–Crippen MR) is 93.0 cm³/mol. The highest BCUT2D eigenvalue weighted by Crippen LogP contribution is 2.27. The summed E-state index contributed by atoms with van der Waals surface area (Å²) in [5.74, 6) is 0.133. The normalized spacial score (nSPS) is 18.5. The molecule has 0 N–H and O–H groups in total. The largest absolute Gasteiger partial charge is 0.338 e.